The molecule has 1 rings (SSSR count). The van der Waals surface area contributed by atoms with Crippen LogP contribution in [0.1, 0.15) is 38.1 Å². The molecule has 0 aliphatic carbocycles. The van der Waals surface area contributed by atoms with E-state index in [2.05, 4.69) is 5.32 Å². The van der Waals surface area contributed by atoms with Gasteiger partial charge in [0.05, 0.1) is 11.3 Å². The van der Waals surface area contributed by atoms with Crippen LogP contribution in [0.25, 0.3) is 0 Å². The van der Waals surface area contributed by atoms with Gasteiger partial charge in [-0.2, -0.15) is 0 Å². The zero-order valence-corrected chi connectivity index (χ0v) is 11.2. The van der Waals surface area contributed by atoms with Gasteiger partial charge >= 0.3 is 5.97 Å². The van der Waals surface area contributed by atoms with Crippen molar-refractivity contribution >= 4 is 17.6 Å². The quantitative estimate of drug-likeness (QED) is 0.884. The topological polar surface area (TPSA) is 75.6 Å². The van der Waals surface area contributed by atoms with E-state index in [0.29, 0.717) is 0 Å². The number of carboxylic acids is 1. The van der Waals surface area contributed by atoms with Crippen LogP contribution in [-0.2, 0) is 4.79 Å². The Balaban J connectivity index is 3.28. The number of benzene rings is 1. The first-order valence-electron chi connectivity index (χ1n) is 5.63. The van der Waals surface area contributed by atoms with Gasteiger partial charge in [0, 0.05) is 13.0 Å². The Morgan fingerprint density at radius 2 is 1.89 bits per heavy atom. The molecule has 0 fully saturated rings. The minimum absolute atomic E-state index is 0.0984. The molecule has 0 saturated carbocycles. The Bertz CT molecular complexity index is 520. The lowest BCUT2D eigenvalue weighted by Gasteiger charge is -2.22. The molecule has 0 radical (unpaired) electrons. The number of halogens is 1. The molecule has 0 saturated heterocycles. The number of carbonyl (C=O) groups excluding carboxylic acids is 1. The predicted molar refractivity (Wildman–Crippen MR) is 68.0 cm³/mol. The van der Waals surface area contributed by atoms with Crippen molar-refractivity contribution in [3.63, 3.8) is 0 Å². The van der Waals surface area contributed by atoms with E-state index in [1.54, 1.807) is 20.8 Å². The number of nitrogens with one attached hydrogen (secondary N) is 1. The van der Waals surface area contributed by atoms with Gasteiger partial charge in [-0.05, 0) is 26.8 Å². The molecule has 0 aliphatic heterocycles. The molecule has 1 aromatic carbocycles. The minimum atomic E-state index is -1.28. The third-order valence-corrected chi connectivity index (χ3v) is 2.03. The van der Waals surface area contributed by atoms with Crippen molar-refractivity contribution in [2.75, 3.05) is 5.32 Å². The van der Waals surface area contributed by atoms with Crippen molar-refractivity contribution in [1.82, 2.24) is 0 Å². The first kappa shape index (κ1) is 14.9. The van der Waals surface area contributed by atoms with Crippen LogP contribution in [0.2, 0.25) is 0 Å². The number of hydrogen-bond acceptors (Lipinski definition) is 3. The first-order chi connectivity index (χ1) is 8.60. The van der Waals surface area contributed by atoms with Gasteiger partial charge < -0.3 is 15.2 Å². The molecule has 5 nitrogen and oxygen atoms in total. The molecule has 0 unspecified atom stereocenters. The van der Waals surface area contributed by atoms with Crippen molar-refractivity contribution in [1.29, 1.82) is 0 Å². The van der Waals surface area contributed by atoms with E-state index in [1.165, 1.54) is 6.92 Å². The second-order valence-corrected chi connectivity index (χ2v) is 5.03. The summed E-state index contributed by atoms with van der Waals surface area (Å²) in [6.07, 6.45) is 0. The van der Waals surface area contributed by atoms with E-state index in [1.807, 2.05) is 0 Å². The average Bonchev–Trinajstić information content (AvgIpc) is 2.18. The monoisotopic (exact) mass is 269 g/mol. The second-order valence-electron chi connectivity index (χ2n) is 5.03. The molecule has 0 heterocycles. The number of ether oxygens (including phenoxy) is 1. The summed E-state index contributed by atoms with van der Waals surface area (Å²) in [5, 5.41) is 11.3. The van der Waals surface area contributed by atoms with Crippen molar-refractivity contribution in [2.24, 2.45) is 0 Å². The number of amides is 1. The van der Waals surface area contributed by atoms with Gasteiger partial charge in [0.15, 0.2) is 11.6 Å². The van der Waals surface area contributed by atoms with E-state index in [4.69, 9.17) is 9.84 Å². The lowest BCUT2D eigenvalue weighted by atomic mass is 10.1. The maximum Gasteiger partial charge on any atom is 0.337 e. The van der Waals surface area contributed by atoms with Crippen LogP contribution in [0.5, 0.6) is 5.75 Å². The van der Waals surface area contributed by atoms with Gasteiger partial charge in [-0.15, -0.1) is 0 Å². The third-order valence-electron chi connectivity index (χ3n) is 2.03. The fourth-order valence-electron chi connectivity index (χ4n) is 1.43. The maximum absolute atomic E-state index is 13.8. The molecular formula is C13H16FNO4. The Hall–Kier alpha value is -2.11. The summed E-state index contributed by atoms with van der Waals surface area (Å²) in [6, 6.07) is 2.00. The Morgan fingerprint density at radius 1 is 1.32 bits per heavy atom. The Kier molecular flexibility index (Phi) is 4.14. The summed E-state index contributed by atoms with van der Waals surface area (Å²) >= 11 is 0. The average molecular weight is 269 g/mol. The van der Waals surface area contributed by atoms with Crippen LogP contribution in [-0.4, -0.2) is 22.6 Å². The highest BCUT2D eigenvalue weighted by atomic mass is 19.1. The molecule has 0 aliphatic rings. The van der Waals surface area contributed by atoms with Crippen molar-refractivity contribution in [3.8, 4) is 5.75 Å². The van der Waals surface area contributed by atoms with Gasteiger partial charge in [0.25, 0.3) is 0 Å². The Labute approximate surface area is 110 Å². The van der Waals surface area contributed by atoms with E-state index >= 15 is 0 Å². The van der Waals surface area contributed by atoms with Crippen LogP contribution in [0.4, 0.5) is 10.1 Å². The number of hydrogen-bond donors (Lipinski definition) is 2. The number of anilines is 1. The number of aromatic carboxylic acids is 1. The summed E-state index contributed by atoms with van der Waals surface area (Å²) < 4.78 is 19.1. The minimum Gasteiger partial charge on any atom is -0.485 e. The van der Waals surface area contributed by atoms with Gasteiger partial charge in [-0.1, -0.05) is 0 Å². The van der Waals surface area contributed by atoms with Crippen molar-refractivity contribution in [3.05, 3.63) is 23.5 Å². The SMILES string of the molecule is CC(=O)Nc1cc(F)c(OC(C)(C)C)cc1C(=O)O. The van der Waals surface area contributed by atoms with Crippen molar-refractivity contribution in [2.45, 2.75) is 33.3 Å². The van der Waals surface area contributed by atoms with Crippen LogP contribution >= 0.6 is 0 Å². The molecule has 0 bridgehead atoms. The summed E-state index contributed by atoms with van der Waals surface area (Å²) in [6.45, 7) is 6.36. The van der Waals surface area contributed by atoms with Crippen LogP contribution in [0.15, 0.2) is 12.1 Å². The van der Waals surface area contributed by atoms with Crippen LogP contribution in [0, 0.1) is 5.82 Å². The third kappa shape index (κ3) is 4.24. The standard InChI is InChI=1S/C13H16FNO4/c1-7(16)15-10-6-9(14)11(19-13(2,3)4)5-8(10)12(17)18/h5-6H,1-4H3,(H,15,16)(H,17,18). The van der Waals surface area contributed by atoms with E-state index < -0.39 is 23.3 Å². The molecule has 0 spiro atoms. The molecule has 0 aromatic heterocycles. The maximum atomic E-state index is 13.8. The highest BCUT2D eigenvalue weighted by Crippen LogP contribution is 2.28. The van der Waals surface area contributed by atoms with Crippen LogP contribution < -0.4 is 10.1 Å². The van der Waals surface area contributed by atoms with Crippen molar-refractivity contribution < 1.29 is 23.8 Å². The Morgan fingerprint density at radius 3 is 2.32 bits per heavy atom. The summed E-state index contributed by atoms with van der Waals surface area (Å²) in [4.78, 5) is 22.1. The highest BCUT2D eigenvalue weighted by Gasteiger charge is 2.20. The van der Waals surface area contributed by atoms with E-state index in [9.17, 15) is 14.0 Å². The zero-order valence-electron chi connectivity index (χ0n) is 11.2. The molecule has 1 amide bonds. The fourth-order valence-corrected chi connectivity index (χ4v) is 1.43. The first-order valence-corrected chi connectivity index (χ1v) is 5.63. The molecular weight excluding hydrogens is 253 g/mol. The number of carbonyl (C=O) groups is 2. The van der Waals surface area contributed by atoms with E-state index in [-0.39, 0.29) is 17.0 Å². The summed E-state index contributed by atoms with van der Waals surface area (Å²) in [5.41, 5.74) is -0.985. The predicted octanol–water partition coefficient (Wildman–Crippen LogP) is 2.66. The number of rotatable bonds is 3. The fraction of sp³-hybridized carbons (Fsp3) is 0.385. The molecule has 1 aromatic rings. The van der Waals surface area contributed by atoms with Gasteiger partial charge in [-0.3, -0.25) is 4.79 Å². The molecule has 0 atom stereocenters. The molecule has 6 heteroatoms. The smallest absolute Gasteiger partial charge is 0.337 e. The van der Waals surface area contributed by atoms with Gasteiger partial charge in [0.2, 0.25) is 5.91 Å². The molecule has 19 heavy (non-hydrogen) atoms. The van der Waals surface area contributed by atoms with Gasteiger partial charge in [-0.25, -0.2) is 9.18 Å². The normalized spacial score (nSPS) is 11.0. The molecule has 104 valence electrons. The summed E-state index contributed by atoms with van der Waals surface area (Å²) in [7, 11) is 0. The second kappa shape index (κ2) is 5.26. The van der Waals surface area contributed by atoms with Crippen LogP contribution in [0.3, 0.4) is 0 Å². The largest absolute Gasteiger partial charge is 0.485 e. The zero-order chi connectivity index (χ0) is 14.8. The molecule has 2 N–H and O–H groups in total. The highest BCUT2D eigenvalue weighted by molar-refractivity contribution is 6.00. The summed E-state index contributed by atoms with van der Waals surface area (Å²) in [5.74, 6) is -2.66. The van der Waals surface area contributed by atoms with E-state index in [0.717, 1.165) is 12.1 Å². The lowest BCUT2D eigenvalue weighted by molar-refractivity contribution is -0.114. The van der Waals surface area contributed by atoms with Gasteiger partial charge in [0.1, 0.15) is 5.60 Å². The number of carboxylic acid groups (broad SMARTS) is 1. The lowest BCUT2D eigenvalue weighted by Crippen LogP contribution is -2.24.